The van der Waals surface area contributed by atoms with Gasteiger partial charge in [0, 0.05) is 6.54 Å². The number of aliphatic hydroxyl groups excluding tert-OH is 1. The maximum absolute atomic E-state index is 8.85. The van der Waals surface area contributed by atoms with Crippen molar-refractivity contribution in [3.63, 3.8) is 0 Å². The quantitative estimate of drug-likeness (QED) is 0.757. The van der Waals surface area contributed by atoms with E-state index in [0.717, 1.165) is 17.8 Å². The number of nitrogens with one attached hydrogen (secondary N) is 1. The first-order chi connectivity index (χ1) is 5.77. The Morgan fingerprint density at radius 2 is 2.25 bits per heavy atom. The summed E-state index contributed by atoms with van der Waals surface area (Å²) in [5.74, 6) is 0. The van der Waals surface area contributed by atoms with Crippen molar-refractivity contribution in [2.24, 2.45) is 0 Å². The summed E-state index contributed by atoms with van der Waals surface area (Å²) in [6.07, 6.45) is 0. The fraction of sp³-hybridized carbons (Fsp3) is 0.333. The Morgan fingerprint density at radius 3 is 2.83 bits per heavy atom. The highest BCUT2D eigenvalue weighted by atomic mass is 35.5. The third-order valence-corrected chi connectivity index (χ3v) is 1.91. The minimum Gasteiger partial charge on any atom is -0.392 e. The summed E-state index contributed by atoms with van der Waals surface area (Å²) in [5.41, 5.74) is 1.75. The van der Waals surface area contributed by atoms with Crippen molar-refractivity contribution in [3.8, 4) is 0 Å². The molecule has 0 radical (unpaired) electrons. The Balaban J connectivity index is 2.91. The van der Waals surface area contributed by atoms with Gasteiger partial charge in [0.2, 0.25) is 0 Å². The molecule has 0 aromatic heterocycles. The molecule has 0 aliphatic carbocycles. The molecule has 0 saturated heterocycles. The molecule has 0 aliphatic heterocycles. The van der Waals surface area contributed by atoms with Crippen LogP contribution in [0.4, 0.5) is 5.69 Å². The molecule has 3 heteroatoms. The molecule has 0 unspecified atom stereocenters. The second-order valence-corrected chi connectivity index (χ2v) is 2.91. The molecule has 0 amide bonds. The number of hydrogen-bond acceptors (Lipinski definition) is 2. The van der Waals surface area contributed by atoms with Gasteiger partial charge in [-0.3, -0.25) is 0 Å². The molecule has 0 heterocycles. The lowest BCUT2D eigenvalue weighted by atomic mass is 10.2. The van der Waals surface area contributed by atoms with Gasteiger partial charge in [-0.1, -0.05) is 17.7 Å². The third kappa shape index (κ3) is 2.13. The number of benzene rings is 1. The first-order valence-corrected chi connectivity index (χ1v) is 4.29. The van der Waals surface area contributed by atoms with Gasteiger partial charge in [0.1, 0.15) is 0 Å². The molecule has 0 saturated carbocycles. The fourth-order valence-electron chi connectivity index (χ4n) is 0.997. The van der Waals surface area contributed by atoms with E-state index in [-0.39, 0.29) is 6.61 Å². The van der Waals surface area contributed by atoms with Crippen molar-refractivity contribution < 1.29 is 5.11 Å². The van der Waals surface area contributed by atoms with Gasteiger partial charge in [0.25, 0.3) is 0 Å². The minimum atomic E-state index is 0.0512. The van der Waals surface area contributed by atoms with Crippen LogP contribution in [-0.2, 0) is 6.61 Å². The lowest BCUT2D eigenvalue weighted by Gasteiger charge is -2.06. The van der Waals surface area contributed by atoms with Crippen LogP contribution in [0.1, 0.15) is 12.5 Å². The molecule has 2 N–H and O–H groups in total. The monoisotopic (exact) mass is 185 g/mol. The van der Waals surface area contributed by atoms with Gasteiger partial charge in [-0.15, -0.1) is 0 Å². The normalized spacial score (nSPS) is 9.92. The molecule has 0 atom stereocenters. The standard InChI is InChI=1S/C9H12ClNO/c1-2-11-9-5-7(6-12)3-4-8(9)10/h3-5,11-12H,2,6H2,1H3. The number of anilines is 1. The van der Waals surface area contributed by atoms with E-state index >= 15 is 0 Å². The van der Waals surface area contributed by atoms with Crippen molar-refractivity contribution in [1.82, 2.24) is 0 Å². The van der Waals surface area contributed by atoms with Crippen molar-refractivity contribution in [1.29, 1.82) is 0 Å². The number of hydrogen-bond donors (Lipinski definition) is 2. The summed E-state index contributed by atoms with van der Waals surface area (Å²) >= 11 is 5.89. The Kier molecular flexibility index (Phi) is 3.38. The zero-order chi connectivity index (χ0) is 8.97. The van der Waals surface area contributed by atoms with E-state index in [4.69, 9.17) is 16.7 Å². The van der Waals surface area contributed by atoms with Crippen LogP contribution in [0.25, 0.3) is 0 Å². The number of rotatable bonds is 3. The molecule has 0 fully saturated rings. The van der Waals surface area contributed by atoms with Gasteiger partial charge in [-0.05, 0) is 24.6 Å². The van der Waals surface area contributed by atoms with Gasteiger partial charge >= 0.3 is 0 Å². The van der Waals surface area contributed by atoms with Crippen LogP contribution in [0.5, 0.6) is 0 Å². The molecule has 1 aromatic rings. The summed E-state index contributed by atoms with van der Waals surface area (Å²) in [6, 6.07) is 5.44. The minimum absolute atomic E-state index is 0.0512. The van der Waals surface area contributed by atoms with Crippen molar-refractivity contribution in [2.75, 3.05) is 11.9 Å². The first-order valence-electron chi connectivity index (χ1n) is 3.91. The van der Waals surface area contributed by atoms with E-state index in [1.54, 1.807) is 6.07 Å². The second-order valence-electron chi connectivity index (χ2n) is 2.50. The largest absolute Gasteiger partial charge is 0.392 e. The highest BCUT2D eigenvalue weighted by Gasteiger charge is 1.99. The average molecular weight is 186 g/mol. The summed E-state index contributed by atoms with van der Waals surface area (Å²) in [6.45, 7) is 2.88. The van der Waals surface area contributed by atoms with Crippen LogP contribution in [0, 0.1) is 0 Å². The highest BCUT2D eigenvalue weighted by molar-refractivity contribution is 6.33. The molecule has 12 heavy (non-hydrogen) atoms. The van der Waals surface area contributed by atoms with Gasteiger partial charge in [0.05, 0.1) is 17.3 Å². The predicted octanol–water partition coefficient (Wildman–Crippen LogP) is 2.26. The van der Waals surface area contributed by atoms with Crippen LogP contribution in [-0.4, -0.2) is 11.7 Å². The van der Waals surface area contributed by atoms with Gasteiger partial charge in [-0.2, -0.15) is 0 Å². The summed E-state index contributed by atoms with van der Waals surface area (Å²) in [4.78, 5) is 0. The van der Waals surface area contributed by atoms with Crippen LogP contribution in [0.15, 0.2) is 18.2 Å². The van der Waals surface area contributed by atoms with Crippen LogP contribution >= 0.6 is 11.6 Å². The molecule has 66 valence electrons. The SMILES string of the molecule is CCNc1cc(CO)ccc1Cl. The Labute approximate surface area is 77.2 Å². The lowest BCUT2D eigenvalue weighted by Crippen LogP contribution is -1.98. The summed E-state index contributed by atoms with van der Waals surface area (Å²) < 4.78 is 0. The van der Waals surface area contributed by atoms with E-state index in [2.05, 4.69) is 5.32 Å². The lowest BCUT2D eigenvalue weighted by molar-refractivity contribution is 0.282. The topological polar surface area (TPSA) is 32.3 Å². The zero-order valence-corrected chi connectivity index (χ0v) is 7.73. The molecular weight excluding hydrogens is 174 g/mol. The van der Waals surface area contributed by atoms with E-state index in [1.165, 1.54) is 0 Å². The van der Waals surface area contributed by atoms with E-state index in [9.17, 15) is 0 Å². The molecule has 0 spiro atoms. The van der Waals surface area contributed by atoms with Crippen LogP contribution in [0.2, 0.25) is 5.02 Å². The second kappa shape index (κ2) is 4.33. The zero-order valence-electron chi connectivity index (χ0n) is 6.97. The molecule has 0 aliphatic rings. The first kappa shape index (κ1) is 9.36. The smallest absolute Gasteiger partial charge is 0.0682 e. The van der Waals surface area contributed by atoms with Gasteiger partial charge in [-0.25, -0.2) is 0 Å². The van der Waals surface area contributed by atoms with E-state index < -0.39 is 0 Å². The van der Waals surface area contributed by atoms with Crippen molar-refractivity contribution >= 4 is 17.3 Å². The summed E-state index contributed by atoms with van der Waals surface area (Å²) in [7, 11) is 0. The van der Waals surface area contributed by atoms with E-state index in [0.29, 0.717) is 5.02 Å². The van der Waals surface area contributed by atoms with Crippen LogP contribution in [0.3, 0.4) is 0 Å². The maximum atomic E-state index is 8.85. The van der Waals surface area contributed by atoms with Gasteiger partial charge in [0.15, 0.2) is 0 Å². The van der Waals surface area contributed by atoms with Crippen molar-refractivity contribution in [3.05, 3.63) is 28.8 Å². The Hall–Kier alpha value is -0.730. The third-order valence-electron chi connectivity index (χ3n) is 1.58. The van der Waals surface area contributed by atoms with E-state index in [1.807, 2.05) is 19.1 Å². The average Bonchev–Trinajstić information content (AvgIpc) is 2.09. The molecule has 1 rings (SSSR count). The van der Waals surface area contributed by atoms with Gasteiger partial charge < -0.3 is 10.4 Å². The predicted molar refractivity (Wildman–Crippen MR) is 51.5 cm³/mol. The fourth-order valence-corrected chi connectivity index (χ4v) is 1.18. The molecule has 2 nitrogen and oxygen atoms in total. The Bertz CT molecular complexity index is 263. The molecule has 1 aromatic carbocycles. The highest BCUT2D eigenvalue weighted by Crippen LogP contribution is 2.22. The Morgan fingerprint density at radius 1 is 1.50 bits per heavy atom. The molecule has 0 bridgehead atoms. The number of aliphatic hydroxyl groups is 1. The van der Waals surface area contributed by atoms with Crippen molar-refractivity contribution in [2.45, 2.75) is 13.5 Å². The maximum Gasteiger partial charge on any atom is 0.0682 e. The number of halogens is 1. The summed E-state index contributed by atoms with van der Waals surface area (Å²) in [5, 5.41) is 12.6. The molecular formula is C9H12ClNO. The van der Waals surface area contributed by atoms with Crippen LogP contribution < -0.4 is 5.32 Å².